The fraction of sp³-hybridized carbons (Fsp3) is 0.350. The molecule has 1 saturated heterocycles. The zero-order valence-electron chi connectivity index (χ0n) is 14.6. The molecule has 138 valence electrons. The number of rotatable bonds is 4. The van der Waals surface area contributed by atoms with Crippen molar-refractivity contribution in [3.05, 3.63) is 56.7 Å². The van der Waals surface area contributed by atoms with Gasteiger partial charge in [-0.15, -0.1) is 0 Å². The first-order valence-electron chi connectivity index (χ1n) is 8.70. The topological polar surface area (TPSA) is 32.3 Å². The van der Waals surface area contributed by atoms with Crippen LogP contribution >= 0.6 is 22.6 Å². The van der Waals surface area contributed by atoms with Crippen molar-refractivity contribution < 1.29 is 13.6 Å². The number of nitrogens with zero attached hydrogens (tertiary/aromatic N) is 1. The summed E-state index contributed by atoms with van der Waals surface area (Å²) in [4.78, 5) is 14.8. The molecule has 1 N–H and O–H groups in total. The van der Waals surface area contributed by atoms with Gasteiger partial charge in [-0.2, -0.15) is 0 Å². The summed E-state index contributed by atoms with van der Waals surface area (Å²) in [5.74, 6) is -0.285. The van der Waals surface area contributed by atoms with Crippen LogP contribution in [0.5, 0.6) is 0 Å². The Hall–Kier alpha value is -1.70. The van der Waals surface area contributed by atoms with E-state index in [0.717, 1.165) is 40.8 Å². The standard InChI is InChI=1S/C20H21F2IN2O/c1-13-5-6-15(11-16(13)23)20(26)24-17-12-14(19(21)22)7-8-18(17)25-9-3-2-4-10-25/h5-8,11-12,19H,2-4,9-10H2,1H3,(H,24,26). The lowest BCUT2D eigenvalue weighted by molar-refractivity contribution is 0.102. The van der Waals surface area contributed by atoms with Gasteiger partial charge < -0.3 is 10.2 Å². The van der Waals surface area contributed by atoms with Gasteiger partial charge in [-0.05, 0) is 78.6 Å². The fourth-order valence-corrected chi connectivity index (χ4v) is 3.64. The van der Waals surface area contributed by atoms with Crippen molar-refractivity contribution in [3.8, 4) is 0 Å². The minimum Gasteiger partial charge on any atom is -0.370 e. The third-order valence-electron chi connectivity index (χ3n) is 4.65. The third kappa shape index (κ3) is 4.34. The van der Waals surface area contributed by atoms with Crippen molar-refractivity contribution in [2.24, 2.45) is 0 Å². The molecule has 1 aliphatic rings. The Morgan fingerprint density at radius 2 is 1.85 bits per heavy atom. The summed E-state index contributed by atoms with van der Waals surface area (Å²) in [5, 5.41) is 2.85. The molecule has 0 spiro atoms. The highest BCUT2D eigenvalue weighted by Crippen LogP contribution is 2.33. The zero-order chi connectivity index (χ0) is 18.7. The summed E-state index contributed by atoms with van der Waals surface area (Å²) in [6, 6.07) is 9.98. The Balaban J connectivity index is 1.91. The summed E-state index contributed by atoms with van der Waals surface area (Å²) < 4.78 is 27.3. The van der Waals surface area contributed by atoms with Gasteiger partial charge in [-0.3, -0.25) is 4.79 Å². The molecule has 0 unspecified atom stereocenters. The van der Waals surface area contributed by atoms with Crippen molar-refractivity contribution in [3.63, 3.8) is 0 Å². The van der Waals surface area contributed by atoms with E-state index in [1.54, 1.807) is 12.1 Å². The van der Waals surface area contributed by atoms with E-state index in [0.29, 0.717) is 11.3 Å². The summed E-state index contributed by atoms with van der Waals surface area (Å²) in [7, 11) is 0. The van der Waals surface area contributed by atoms with E-state index < -0.39 is 6.43 Å². The van der Waals surface area contributed by atoms with Crippen LogP contribution in [0, 0.1) is 10.5 Å². The van der Waals surface area contributed by atoms with E-state index in [-0.39, 0.29) is 11.5 Å². The van der Waals surface area contributed by atoms with Gasteiger partial charge in [-0.1, -0.05) is 12.1 Å². The third-order valence-corrected chi connectivity index (χ3v) is 5.81. The van der Waals surface area contributed by atoms with Gasteiger partial charge in [0.25, 0.3) is 12.3 Å². The molecule has 1 amide bonds. The number of anilines is 2. The Morgan fingerprint density at radius 1 is 1.12 bits per heavy atom. The minimum atomic E-state index is -2.57. The highest BCUT2D eigenvalue weighted by Gasteiger charge is 2.19. The van der Waals surface area contributed by atoms with Crippen LogP contribution < -0.4 is 10.2 Å². The first-order valence-corrected chi connectivity index (χ1v) is 9.78. The molecule has 0 radical (unpaired) electrons. The Labute approximate surface area is 165 Å². The van der Waals surface area contributed by atoms with Crippen molar-refractivity contribution in [1.29, 1.82) is 0 Å². The van der Waals surface area contributed by atoms with Crippen LogP contribution in [0.4, 0.5) is 20.2 Å². The number of halogens is 3. The number of amides is 1. The van der Waals surface area contributed by atoms with Crippen molar-refractivity contribution >= 4 is 39.9 Å². The molecule has 0 atom stereocenters. The summed E-state index contributed by atoms with van der Waals surface area (Å²) in [6.07, 6.45) is 0.747. The predicted molar refractivity (Wildman–Crippen MR) is 109 cm³/mol. The monoisotopic (exact) mass is 470 g/mol. The molecule has 3 rings (SSSR count). The van der Waals surface area contributed by atoms with Gasteiger partial charge in [0, 0.05) is 27.8 Å². The summed E-state index contributed by atoms with van der Waals surface area (Å²) >= 11 is 2.18. The first kappa shape index (κ1) is 19.1. The minimum absolute atomic E-state index is 0.0838. The molecule has 3 nitrogen and oxygen atoms in total. The largest absolute Gasteiger partial charge is 0.370 e. The highest BCUT2D eigenvalue weighted by molar-refractivity contribution is 14.1. The van der Waals surface area contributed by atoms with E-state index >= 15 is 0 Å². The molecule has 1 fully saturated rings. The number of hydrogen-bond donors (Lipinski definition) is 1. The number of aryl methyl sites for hydroxylation is 1. The van der Waals surface area contributed by atoms with Crippen LogP contribution in [-0.4, -0.2) is 19.0 Å². The maximum atomic E-state index is 13.2. The zero-order valence-corrected chi connectivity index (χ0v) is 16.7. The maximum Gasteiger partial charge on any atom is 0.263 e. The van der Waals surface area contributed by atoms with Crippen LogP contribution in [0.25, 0.3) is 0 Å². The number of piperidine rings is 1. The van der Waals surface area contributed by atoms with Gasteiger partial charge in [0.1, 0.15) is 0 Å². The van der Waals surface area contributed by atoms with E-state index in [9.17, 15) is 13.6 Å². The molecule has 0 aliphatic carbocycles. The summed E-state index contributed by atoms with van der Waals surface area (Å²) in [6.45, 7) is 3.72. The number of alkyl halides is 2. The smallest absolute Gasteiger partial charge is 0.263 e. The number of carbonyl (C=O) groups excluding carboxylic acids is 1. The quantitative estimate of drug-likeness (QED) is 0.575. The van der Waals surface area contributed by atoms with E-state index in [1.165, 1.54) is 18.6 Å². The summed E-state index contributed by atoms with van der Waals surface area (Å²) in [5.41, 5.74) is 2.79. The van der Waals surface area contributed by atoms with Crippen LogP contribution in [-0.2, 0) is 0 Å². The average Bonchev–Trinajstić information content (AvgIpc) is 2.64. The Bertz CT molecular complexity index is 804. The molecule has 0 aromatic heterocycles. The molecular formula is C20H21F2IN2O. The fourth-order valence-electron chi connectivity index (χ4n) is 3.13. The van der Waals surface area contributed by atoms with Crippen molar-refractivity contribution in [2.75, 3.05) is 23.3 Å². The first-order chi connectivity index (χ1) is 12.5. The molecular weight excluding hydrogens is 449 g/mol. The Morgan fingerprint density at radius 3 is 2.50 bits per heavy atom. The van der Waals surface area contributed by atoms with Crippen LogP contribution in [0.3, 0.4) is 0 Å². The van der Waals surface area contributed by atoms with E-state index in [2.05, 4.69) is 32.8 Å². The molecule has 26 heavy (non-hydrogen) atoms. The second kappa shape index (κ2) is 8.33. The number of hydrogen-bond acceptors (Lipinski definition) is 2. The van der Waals surface area contributed by atoms with E-state index in [1.807, 2.05) is 19.1 Å². The lowest BCUT2D eigenvalue weighted by Gasteiger charge is -2.31. The van der Waals surface area contributed by atoms with Gasteiger partial charge in [-0.25, -0.2) is 8.78 Å². The number of nitrogens with one attached hydrogen (secondary N) is 1. The molecule has 0 saturated carbocycles. The van der Waals surface area contributed by atoms with Gasteiger partial charge in [0.05, 0.1) is 11.4 Å². The molecule has 6 heteroatoms. The molecule has 0 bridgehead atoms. The molecule has 1 aliphatic heterocycles. The normalized spacial score (nSPS) is 14.6. The van der Waals surface area contributed by atoms with Gasteiger partial charge in [0.2, 0.25) is 0 Å². The average molecular weight is 470 g/mol. The second-order valence-corrected chi connectivity index (χ2v) is 7.71. The van der Waals surface area contributed by atoms with Crippen LogP contribution in [0.2, 0.25) is 0 Å². The van der Waals surface area contributed by atoms with Gasteiger partial charge >= 0.3 is 0 Å². The Kier molecular flexibility index (Phi) is 6.11. The van der Waals surface area contributed by atoms with Crippen molar-refractivity contribution in [1.82, 2.24) is 0 Å². The highest BCUT2D eigenvalue weighted by atomic mass is 127. The lowest BCUT2D eigenvalue weighted by Crippen LogP contribution is -2.30. The molecule has 2 aromatic rings. The predicted octanol–water partition coefficient (Wildman–Crippen LogP) is 5.78. The van der Waals surface area contributed by atoms with Crippen LogP contribution in [0.1, 0.15) is 47.2 Å². The second-order valence-electron chi connectivity index (χ2n) is 6.54. The maximum absolute atomic E-state index is 13.2. The lowest BCUT2D eigenvalue weighted by atomic mass is 10.1. The molecule has 1 heterocycles. The molecule has 2 aromatic carbocycles. The SMILES string of the molecule is Cc1ccc(C(=O)Nc2cc(C(F)F)ccc2N2CCCCC2)cc1I. The number of benzene rings is 2. The number of carbonyl (C=O) groups is 1. The van der Waals surface area contributed by atoms with Crippen molar-refractivity contribution in [2.45, 2.75) is 32.6 Å². The van der Waals surface area contributed by atoms with Gasteiger partial charge in [0.15, 0.2) is 0 Å². The van der Waals surface area contributed by atoms with Crippen LogP contribution in [0.15, 0.2) is 36.4 Å². The van der Waals surface area contributed by atoms with E-state index in [4.69, 9.17) is 0 Å².